The van der Waals surface area contributed by atoms with Gasteiger partial charge in [-0.25, -0.2) is 14.4 Å². The number of carbonyl (C=O) groups is 3. The lowest BCUT2D eigenvalue weighted by Crippen LogP contribution is -2.44. The molecule has 0 radical (unpaired) electrons. The Morgan fingerprint density at radius 1 is 1.04 bits per heavy atom. The second kappa shape index (κ2) is 11.5. The molecule has 1 fully saturated rings. The van der Waals surface area contributed by atoms with E-state index in [4.69, 9.17) is 9.47 Å². The number of hydrogen-bond acceptors (Lipinski definition) is 5. The first-order valence-electron chi connectivity index (χ1n) is 8.96. The van der Waals surface area contributed by atoms with E-state index in [2.05, 4.69) is 10.6 Å². The van der Waals surface area contributed by atoms with E-state index in [0.29, 0.717) is 12.5 Å². The van der Waals surface area contributed by atoms with Gasteiger partial charge in [0.15, 0.2) is 0 Å². The maximum absolute atomic E-state index is 11.8. The SMILES string of the molecule is CC(C)OC(=O)/C=C/C(=O)OC[C@@H](C)NC(=O)NCC1CCCCC1. The lowest BCUT2D eigenvalue weighted by molar-refractivity contribution is -0.143. The van der Waals surface area contributed by atoms with Crippen LogP contribution < -0.4 is 10.6 Å². The van der Waals surface area contributed by atoms with Crippen LogP contribution in [0.2, 0.25) is 0 Å². The van der Waals surface area contributed by atoms with E-state index in [1.807, 2.05) is 0 Å². The Morgan fingerprint density at radius 2 is 1.68 bits per heavy atom. The van der Waals surface area contributed by atoms with E-state index >= 15 is 0 Å². The zero-order valence-electron chi connectivity index (χ0n) is 15.4. The van der Waals surface area contributed by atoms with Crippen molar-refractivity contribution in [1.82, 2.24) is 10.6 Å². The van der Waals surface area contributed by atoms with Crippen LogP contribution >= 0.6 is 0 Å². The summed E-state index contributed by atoms with van der Waals surface area (Å²) >= 11 is 0. The molecular formula is C18H30N2O5. The van der Waals surface area contributed by atoms with E-state index in [0.717, 1.165) is 12.2 Å². The largest absolute Gasteiger partial charge is 0.460 e. The highest BCUT2D eigenvalue weighted by Gasteiger charge is 2.15. The van der Waals surface area contributed by atoms with Crippen LogP contribution in [0.15, 0.2) is 12.2 Å². The number of carbonyl (C=O) groups excluding carboxylic acids is 3. The Hall–Kier alpha value is -2.05. The molecule has 7 nitrogen and oxygen atoms in total. The molecular weight excluding hydrogens is 324 g/mol. The molecule has 2 amide bonds. The molecule has 0 aromatic carbocycles. The summed E-state index contributed by atoms with van der Waals surface area (Å²) in [5, 5.41) is 5.59. The van der Waals surface area contributed by atoms with Crippen molar-refractivity contribution in [2.45, 2.75) is 65.0 Å². The van der Waals surface area contributed by atoms with Crippen LogP contribution in [0, 0.1) is 5.92 Å². The van der Waals surface area contributed by atoms with Gasteiger partial charge in [-0.2, -0.15) is 0 Å². The molecule has 0 spiro atoms. The zero-order chi connectivity index (χ0) is 18.7. The van der Waals surface area contributed by atoms with Crippen LogP contribution in [-0.2, 0) is 19.1 Å². The third kappa shape index (κ3) is 10.4. The number of urea groups is 1. The molecule has 0 aliphatic heterocycles. The van der Waals surface area contributed by atoms with Crippen molar-refractivity contribution < 1.29 is 23.9 Å². The minimum atomic E-state index is -0.656. The van der Waals surface area contributed by atoms with Crippen LogP contribution in [-0.4, -0.2) is 43.3 Å². The summed E-state index contributed by atoms with van der Waals surface area (Å²) < 4.78 is 9.84. The van der Waals surface area contributed by atoms with Crippen molar-refractivity contribution in [3.8, 4) is 0 Å². The topological polar surface area (TPSA) is 93.7 Å². The Balaban J connectivity index is 2.16. The van der Waals surface area contributed by atoms with Crippen LogP contribution in [0.25, 0.3) is 0 Å². The van der Waals surface area contributed by atoms with Gasteiger partial charge >= 0.3 is 18.0 Å². The molecule has 1 saturated carbocycles. The lowest BCUT2D eigenvalue weighted by atomic mass is 9.89. The predicted molar refractivity (Wildman–Crippen MR) is 93.9 cm³/mol. The average Bonchev–Trinajstić information content (AvgIpc) is 2.56. The summed E-state index contributed by atoms with van der Waals surface area (Å²) in [5.74, 6) is -0.694. The number of esters is 2. The predicted octanol–water partition coefficient (Wildman–Crippen LogP) is 2.31. The Kier molecular flexibility index (Phi) is 9.65. The molecule has 1 rings (SSSR count). The summed E-state index contributed by atoms with van der Waals surface area (Å²) in [4.78, 5) is 34.6. The van der Waals surface area contributed by atoms with Crippen molar-refractivity contribution in [2.75, 3.05) is 13.2 Å². The monoisotopic (exact) mass is 354 g/mol. The van der Waals surface area contributed by atoms with Gasteiger partial charge in [0.05, 0.1) is 12.1 Å². The maximum atomic E-state index is 11.8. The molecule has 0 heterocycles. The van der Waals surface area contributed by atoms with Crippen molar-refractivity contribution >= 4 is 18.0 Å². The first kappa shape index (κ1) is 21.0. The number of nitrogens with one attached hydrogen (secondary N) is 2. The summed E-state index contributed by atoms with van der Waals surface area (Å²) in [6.07, 6.45) is 7.88. The quantitative estimate of drug-likeness (QED) is 0.515. The van der Waals surface area contributed by atoms with Crippen molar-refractivity contribution in [1.29, 1.82) is 0 Å². The molecule has 1 aliphatic carbocycles. The minimum Gasteiger partial charge on any atom is -0.460 e. The van der Waals surface area contributed by atoms with Crippen molar-refractivity contribution in [3.05, 3.63) is 12.2 Å². The fourth-order valence-corrected chi connectivity index (χ4v) is 2.61. The fraction of sp³-hybridized carbons (Fsp3) is 0.722. The van der Waals surface area contributed by atoms with Gasteiger partial charge in [0.2, 0.25) is 0 Å². The van der Waals surface area contributed by atoms with E-state index in [1.165, 1.54) is 32.1 Å². The maximum Gasteiger partial charge on any atom is 0.331 e. The first-order chi connectivity index (χ1) is 11.9. The Morgan fingerprint density at radius 3 is 2.32 bits per heavy atom. The van der Waals surface area contributed by atoms with E-state index in [-0.39, 0.29) is 24.8 Å². The van der Waals surface area contributed by atoms with Gasteiger partial charge in [0.1, 0.15) is 6.61 Å². The van der Waals surface area contributed by atoms with Crippen LogP contribution in [0.3, 0.4) is 0 Å². The first-order valence-corrected chi connectivity index (χ1v) is 8.96. The summed E-state index contributed by atoms with van der Waals surface area (Å²) in [5.41, 5.74) is 0. The Bertz CT molecular complexity index is 470. The van der Waals surface area contributed by atoms with Crippen LogP contribution in [0.5, 0.6) is 0 Å². The fourth-order valence-electron chi connectivity index (χ4n) is 2.61. The number of hydrogen-bond donors (Lipinski definition) is 2. The normalized spacial score (nSPS) is 16.5. The second-order valence-electron chi connectivity index (χ2n) is 6.71. The van der Waals surface area contributed by atoms with Crippen LogP contribution in [0.1, 0.15) is 52.9 Å². The van der Waals surface area contributed by atoms with Gasteiger partial charge in [-0.05, 0) is 39.5 Å². The molecule has 0 aromatic heterocycles. The number of amides is 2. The molecule has 0 aromatic rings. The average molecular weight is 354 g/mol. The smallest absolute Gasteiger partial charge is 0.331 e. The molecule has 142 valence electrons. The highest BCUT2D eigenvalue weighted by atomic mass is 16.5. The minimum absolute atomic E-state index is 0.0270. The molecule has 25 heavy (non-hydrogen) atoms. The zero-order valence-corrected chi connectivity index (χ0v) is 15.4. The highest BCUT2D eigenvalue weighted by Crippen LogP contribution is 2.22. The molecule has 7 heteroatoms. The second-order valence-corrected chi connectivity index (χ2v) is 6.71. The molecule has 1 aliphatic rings. The number of rotatable bonds is 8. The lowest BCUT2D eigenvalue weighted by Gasteiger charge is -2.22. The van der Waals surface area contributed by atoms with Gasteiger partial charge in [0, 0.05) is 18.7 Å². The summed E-state index contributed by atoms with van der Waals surface area (Å²) in [6.45, 7) is 5.88. The summed E-state index contributed by atoms with van der Waals surface area (Å²) in [6, 6.07) is -0.587. The van der Waals surface area contributed by atoms with Gasteiger partial charge in [-0.1, -0.05) is 19.3 Å². The van der Waals surface area contributed by atoms with E-state index < -0.39 is 11.9 Å². The van der Waals surface area contributed by atoms with Gasteiger partial charge < -0.3 is 20.1 Å². The third-order valence-electron chi connectivity index (χ3n) is 3.84. The molecule has 2 N–H and O–H groups in total. The van der Waals surface area contributed by atoms with E-state index in [1.54, 1.807) is 20.8 Å². The van der Waals surface area contributed by atoms with Crippen molar-refractivity contribution in [3.63, 3.8) is 0 Å². The van der Waals surface area contributed by atoms with Gasteiger partial charge in [-0.3, -0.25) is 0 Å². The standard InChI is InChI=1S/C18H30N2O5/c1-13(2)25-17(22)10-9-16(21)24-12-14(3)20-18(23)19-11-15-7-5-4-6-8-15/h9-10,13-15H,4-8,11-12H2,1-3H3,(H2,19,20,23)/b10-9+/t14-/m1/s1. The molecule has 0 saturated heterocycles. The third-order valence-corrected chi connectivity index (χ3v) is 3.84. The summed E-state index contributed by atoms with van der Waals surface area (Å²) in [7, 11) is 0. The molecule has 1 atom stereocenters. The Labute approximate surface area is 149 Å². The number of ether oxygens (including phenoxy) is 2. The van der Waals surface area contributed by atoms with Gasteiger partial charge in [0.25, 0.3) is 0 Å². The highest BCUT2D eigenvalue weighted by molar-refractivity contribution is 5.91. The van der Waals surface area contributed by atoms with Crippen LogP contribution in [0.4, 0.5) is 4.79 Å². The van der Waals surface area contributed by atoms with Gasteiger partial charge in [-0.15, -0.1) is 0 Å². The molecule has 0 unspecified atom stereocenters. The van der Waals surface area contributed by atoms with E-state index in [9.17, 15) is 14.4 Å². The molecule has 0 bridgehead atoms. The van der Waals surface area contributed by atoms with Crippen molar-refractivity contribution in [2.24, 2.45) is 5.92 Å².